The van der Waals surface area contributed by atoms with Gasteiger partial charge in [0.05, 0.1) is 6.54 Å². The summed E-state index contributed by atoms with van der Waals surface area (Å²) in [4.78, 5) is 24.5. The number of amides is 2. The van der Waals surface area contributed by atoms with Gasteiger partial charge in [0.2, 0.25) is 0 Å². The van der Waals surface area contributed by atoms with E-state index >= 15 is 0 Å². The summed E-state index contributed by atoms with van der Waals surface area (Å²) in [6.07, 6.45) is 3.06. The van der Waals surface area contributed by atoms with E-state index in [4.69, 9.17) is 4.52 Å². The molecule has 8 nitrogen and oxygen atoms in total. The van der Waals surface area contributed by atoms with Gasteiger partial charge in [-0.25, -0.2) is 4.79 Å². The largest absolute Gasteiger partial charge is 0.465 e. The lowest BCUT2D eigenvalue weighted by Gasteiger charge is -2.53. The van der Waals surface area contributed by atoms with Crippen LogP contribution in [-0.2, 0) is 6.54 Å². The van der Waals surface area contributed by atoms with Crippen LogP contribution < -0.4 is 10.6 Å². The van der Waals surface area contributed by atoms with Gasteiger partial charge in [0.25, 0.3) is 5.91 Å². The number of halogens is 1. The molecule has 0 radical (unpaired) electrons. The minimum absolute atomic E-state index is 0. The van der Waals surface area contributed by atoms with Crippen LogP contribution >= 0.6 is 12.4 Å². The molecule has 0 atom stereocenters. The van der Waals surface area contributed by atoms with Gasteiger partial charge in [-0.2, -0.15) is 0 Å². The molecular weight excluding hydrogens is 336 g/mol. The number of hydrogen-bond acceptors (Lipinski definition) is 5. The number of rotatable bonds is 4. The van der Waals surface area contributed by atoms with Crippen molar-refractivity contribution in [2.75, 3.05) is 20.1 Å². The number of hydrogen-bond donors (Lipinski definition) is 3. The molecule has 1 saturated heterocycles. The Morgan fingerprint density at radius 1 is 1.46 bits per heavy atom. The van der Waals surface area contributed by atoms with Crippen molar-refractivity contribution >= 4 is 24.4 Å². The van der Waals surface area contributed by atoms with E-state index in [0.717, 1.165) is 38.8 Å². The summed E-state index contributed by atoms with van der Waals surface area (Å²) in [6.45, 7) is 2.15. The van der Waals surface area contributed by atoms with E-state index in [1.807, 2.05) is 0 Å². The molecule has 9 heteroatoms. The summed E-state index contributed by atoms with van der Waals surface area (Å²) >= 11 is 0. The smallest absolute Gasteiger partial charge is 0.407 e. The number of piperidine rings is 1. The molecule has 2 heterocycles. The van der Waals surface area contributed by atoms with Crippen LogP contribution in [0.15, 0.2) is 10.6 Å². The van der Waals surface area contributed by atoms with Crippen LogP contribution in [0, 0.1) is 5.41 Å². The predicted octanol–water partition coefficient (Wildman–Crippen LogP) is 1.47. The zero-order valence-corrected chi connectivity index (χ0v) is 14.4. The monoisotopic (exact) mass is 358 g/mol. The molecule has 1 spiro atoms. The first-order valence-corrected chi connectivity index (χ1v) is 7.91. The number of nitrogens with zero attached hydrogens (tertiary/aromatic N) is 2. The van der Waals surface area contributed by atoms with Crippen molar-refractivity contribution in [3.8, 4) is 0 Å². The summed E-state index contributed by atoms with van der Waals surface area (Å²) in [5, 5.41) is 19.0. The Morgan fingerprint density at radius 2 is 2.12 bits per heavy atom. The summed E-state index contributed by atoms with van der Waals surface area (Å²) in [5.74, 6) is 0.0384. The third kappa shape index (κ3) is 3.64. The Hall–Kier alpha value is -1.80. The molecule has 1 aliphatic heterocycles. The summed E-state index contributed by atoms with van der Waals surface area (Å²) in [5.41, 5.74) is 0.467. The fourth-order valence-electron chi connectivity index (χ4n) is 3.67. The van der Waals surface area contributed by atoms with Gasteiger partial charge in [-0.3, -0.25) is 9.69 Å². The second kappa shape index (κ2) is 7.40. The minimum Gasteiger partial charge on any atom is -0.465 e. The molecule has 3 N–H and O–H groups in total. The van der Waals surface area contributed by atoms with Gasteiger partial charge in [0.15, 0.2) is 11.5 Å². The van der Waals surface area contributed by atoms with E-state index in [1.165, 1.54) is 18.0 Å². The average molecular weight is 359 g/mol. The number of carbonyl (C=O) groups excluding carboxylic acids is 1. The minimum atomic E-state index is -0.961. The van der Waals surface area contributed by atoms with Gasteiger partial charge in [-0.15, -0.1) is 12.4 Å². The molecule has 24 heavy (non-hydrogen) atoms. The van der Waals surface area contributed by atoms with Crippen LogP contribution in [0.4, 0.5) is 4.79 Å². The first-order valence-electron chi connectivity index (χ1n) is 7.91. The number of carbonyl (C=O) groups is 2. The first-order chi connectivity index (χ1) is 11.0. The van der Waals surface area contributed by atoms with Crippen molar-refractivity contribution in [3.63, 3.8) is 0 Å². The Labute approximate surface area is 146 Å². The van der Waals surface area contributed by atoms with Crippen molar-refractivity contribution in [2.24, 2.45) is 5.41 Å². The lowest BCUT2D eigenvalue weighted by molar-refractivity contribution is -0.0185. The highest BCUT2D eigenvalue weighted by Crippen LogP contribution is 2.50. The normalized spacial score (nSPS) is 19.2. The van der Waals surface area contributed by atoms with Gasteiger partial charge in [0.1, 0.15) is 0 Å². The van der Waals surface area contributed by atoms with Gasteiger partial charge >= 0.3 is 6.09 Å². The second-order valence-corrected chi connectivity index (χ2v) is 6.48. The highest BCUT2D eigenvalue weighted by Gasteiger charge is 2.48. The van der Waals surface area contributed by atoms with Crippen molar-refractivity contribution < 1.29 is 19.2 Å². The highest BCUT2D eigenvalue weighted by atomic mass is 35.5. The number of carboxylic acid groups (broad SMARTS) is 1. The van der Waals surface area contributed by atoms with Crippen LogP contribution in [-0.4, -0.2) is 53.3 Å². The van der Waals surface area contributed by atoms with Crippen LogP contribution in [0.3, 0.4) is 0 Å². The highest BCUT2D eigenvalue weighted by molar-refractivity contribution is 5.91. The summed E-state index contributed by atoms with van der Waals surface area (Å²) < 4.78 is 5.10. The molecule has 1 aromatic heterocycles. The Kier molecular flexibility index (Phi) is 5.71. The first kappa shape index (κ1) is 18.5. The molecule has 2 aliphatic rings. The number of aromatic nitrogens is 1. The van der Waals surface area contributed by atoms with E-state index in [0.29, 0.717) is 11.2 Å². The molecule has 0 bridgehead atoms. The summed E-state index contributed by atoms with van der Waals surface area (Å²) in [7, 11) is 1.51. The fourth-order valence-corrected chi connectivity index (χ4v) is 3.67. The molecule has 2 amide bonds. The predicted molar refractivity (Wildman–Crippen MR) is 88.3 cm³/mol. The summed E-state index contributed by atoms with van der Waals surface area (Å²) in [6, 6.07) is 1.51. The maximum absolute atomic E-state index is 11.6. The van der Waals surface area contributed by atoms with E-state index in [2.05, 4.69) is 15.8 Å². The average Bonchev–Trinajstić information content (AvgIpc) is 2.99. The Balaban J connectivity index is 0.00000208. The van der Waals surface area contributed by atoms with E-state index in [1.54, 1.807) is 0 Å². The van der Waals surface area contributed by atoms with Crippen molar-refractivity contribution in [3.05, 3.63) is 17.5 Å². The molecule has 1 saturated carbocycles. The molecule has 2 fully saturated rings. The lowest BCUT2D eigenvalue weighted by atomic mass is 9.60. The lowest BCUT2D eigenvalue weighted by Crippen LogP contribution is -2.55. The second-order valence-electron chi connectivity index (χ2n) is 6.48. The quantitative estimate of drug-likeness (QED) is 0.752. The molecule has 1 aliphatic carbocycles. The van der Waals surface area contributed by atoms with E-state index in [9.17, 15) is 14.7 Å². The third-order valence-electron chi connectivity index (χ3n) is 5.03. The van der Waals surface area contributed by atoms with Crippen LogP contribution in [0.5, 0.6) is 0 Å². The standard InChI is InChI=1S/C15H22N4O4.ClH/c1-16-13(20)12-6-11(23-18-12)9-19(14(21)22)10-7-15(8-10)2-4-17-5-3-15;/h6,10,17H,2-5,7-9H2,1H3,(H,16,20)(H,21,22);1H. The molecular formula is C15H23ClN4O4. The molecule has 3 rings (SSSR count). The Bertz CT molecular complexity index is 592. The zero-order chi connectivity index (χ0) is 16.4. The van der Waals surface area contributed by atoms with Crippen LogP contribution in [0.1, 0.15) is 41.9 Å². The van der Waals surface area contributed by atoms with Gasteiger partial charge < -0.3 is 20.3 Å². The maximum Gasteiger partial charge on any atom is 0.407 e. The van der Waals surface area contributed by atoms with Crippen molar-refractivity contribution in [1.29, 1.82) is 0 Å². The van der Waals surface area contributed by atoms with Gasteiger partial charge in [-0.05, 0) is 44.2 Å². The van der Waals surface area contributed by atoms with Crippen molar-refractivity contribution in [2.45, 2.75) is 38.3 Å². The van der Waals surface area contributed by atoms with Crippen LogP contribution in [0.2, 0.25) is 0 Å². The molecule has 134 valence electrons. The maximum atomic E-state index is 11.6. The molecule has 0 unspecified atom stereocenters. The van der Waals surface area contributed by atoms with Gasteiger partial charge in [0, 0.05) is 19.2 Å². The zero-order valence-electron chi connectivity index (χ0n) is 13.6. The number of nitrogens with one attached hydrogen (secondary N) is 2. The Morgan fingerprint density at radius 3 is 2.71 bits per heavy atom. The van der Waals surface area contributed by atoms with E-state index < -0.39 is 6.09 Å². The molecule has 0 aromatic carbocycles. The SMILES string of the molecule is CNC(=O)c1cc(CN(C(=O)O)C2CC3(CCNCC3)C2)on1.Cl. The van der Waals surface area contributed by atoms with E-state index in [-0.39, 0.29) is 36.6 Å². The third-order valence-corrected chi connectivity index (χ3v) is 5.03. The topological polar surface area (TPSA) is 108 Å². The van der Waals surface area contributed by atoms with Crippen molar-refractivity contribution in [1.82, 2.24) is 20.7 Å². The van der Waals surface area contributed by atoms with Crippen LogP contribution in [0.25, 0.3) is 0 Å². The van der Waals surface area contributed by atoms with Gasteiger partial charge in [-0.1, -0.05) is 5.16 Å². The molecule has 1 aromatic rings. The fraction of sp³-hybridized carbons (Fsp3) is 0.667.